The third kappa shape index (κ3) is 5.49. The van der Waals surface area contributed by atoms with Crippen LogP contribution in [0.2, 0.25) is 0 Å². The molecule has 0 aromatic heterocycles. The lowest BCUT2D eigenvalue weighted by Crippen LogP contribution is -2.34. The molecule has 0 unspecified atom stereocenters. The summed E-state index contributed by atoms with van der Waals surface area (Å²) in [5.74, 6) is 0.779. The molecule has 1 N–H and O–H groups in total. The number of benzene rings is 2. The number of nitro benzene ring substituents is 1. The summed E-state index contributed by atoms with van der Waals surface area (Å²) in [5.41, 5.74) is 2.73. The number of nitrogens with zero attached hydrogens (tertiary/aromatic N) is 2. The number of non-ortho nitro benzene ring substituents is 1. The zero-order valence-electron chi connectivity index (χ0n) is 14.5. The molecule has 0 spiro atoms. The number of carbonyl (C=O) groups is 1. The van der Waals surface area contributed by atoms with Crippen molar-refractivity contribution >= 4 is 17.4 Å². The number of nitrogens with one attached hydrogen (secondary N) is 1. The number of anilines is 1. The van der Waals surface area contributed by atoms with E-state index in [1.807, 2.05) is 26.0 Å². The number of nitro groups is 1. The van der Waals surface area contributed by atoms with E-state index in [-0.39, 0.29) is 11.7 Å². The van der Waals surface area contributed by atoms with Crippen LogP contribution in [0.25, 0.3) is 0 Å². The predicted octanol–water partition coefficient (Wildman–Crippen LogP) is 3.75. The molecule has 2 amide bonds. The van der Waals surface area contributed by atoms with Gasteiger partial charge in [-0.25, -0.2) is 4.79 Å². The van der Waals surface area contributed by atoms with Crippen molar-refractivity contribution in [2.45, 2.75) is 13.8 Å². The first-order valence-corrected chi connectivity index (χ1v) is 7.83. The van der Waals surface area contributed by atoms with E-state index in [9.17, 15) is 14.9 Å². The molecule has 0 fully saturated rings. The Hall–Kier alpha value is -3.09. The minimum Gasteiger partial charge on any atom is -0.492 e. The van der Waals surface area contributed by atoms with Crippen molar-refractivity contribution in [2.75, 3.05) is 25.5 Å². The first-order chi connectivity index (χ1) is 11.8. The predicted molar refractivity (Wildman–Crippen MR) is 96.2 cm³/mol. The third-order valence-electron chi connectivity index (χ3n) is 3.57. The molecule has 0 saturated carbocycles. The second kappa shape index (κ2) is 8.14. The van der Waals surface area contributed by atoms with Gasteiger partial charge in [0.05, 0.1) is 11.5 Å². The van der Waals surface area contributed by atoms with Crippen molar-refractivity contribution < 1.29 is 14.5 Å². The van der Waals surface area contributed by atoms with Crippen molar-refractivity contribution in [3.63, 3.8) is 0 Å². The lowest BCUT2D eigenvalue weighted by molar-refractivity contribution is -0.384. The molecule has 0 bridgehead atoms. The van der Waals surface area contributed by atoms with Crippen LogP contribution in [0.15, 0.2) is 42.5 Å². The largest absolute Gasteiger partial charge is 0.492 e. The van der Waals surface area contributed by atoms with E-state index in [1.54, 1.807) is 7.05 Å². The lowest BCUT2D eigenvalue weighted by atomic mass is 10.1. The van der Waals surface area contributed by atoms with Gasteiger partial charge >= 0.3 is 6.03 Å². The molecular weight excluding hydrogens is 322 g/mol. The average molecular weight is 343 g/mol. The normalized spacial score (nSPS) is 10.2. The zero-order valence-corrected chi connectivity index (χ0v) is 14.5. The Bertz CT molecular complexity index is 739. The molecule has 7 nitrogen and oxygen atoms in total. The van der Waals surface area contributed by atoms with Gasteiger partial charge in [0.1, 0.15) is 12.4 Å². The maximum Gasteiger partial charge on any atom is 0.321 e. The fraction of sp³-hybridized carbons (Fsp3) is 0.278. The molecular formula is C18H21N3O4. The highest BCUT2D eigenvalue weighted by Crippen LogP contribution is 2.17. The summed E-state index contributed by atoms with van der Waals surface area (Å²) in [7, 11) is 1.66. The molecule has 0 saturated heterocycles. The smallest absolute Gasteiger partial charge is 0.321 e. The molecule has 0 radical (unpaired) electrons. The SMILES string of the molecule is Cc1cc(C)cc(OCCN(C)C(=O)Nc2ccc([N+](=O)[O-])cc2)c1. The highest BCUT2D eigenvalue weighted by Gasteiger charge is 2.10. The van der Waals surface area contributed by atoms with E-state index in [2.05, 4.69) is 11.4 Å². The number of aryl methyl sites for hydroxylation is 2. The number of ether oxygens (including phenoxy) is 1. The van der Waals surface area contributed by atoms with Crippen LogP contribution in [0.4, 0.5) is 16.2 Å². The Balaban J connectivity index is 1.82. The minimum absolute atomic E-state index is 0.0202. The monoisotopic (exact) mass is 343 g/mol. The van der Waals surface area contributed by atoms with Gasteiger partial charge in [0, 0.05) is 24.9 Å². The van der Waals surface area contributed by atoms with Crippen LogP contribution in [-0.2, 0) is 0 Å². The van der Waals surface area contributed by atoms with E-state index in [4.69, 9.17) is 4.74 Å². The van der Waals surface area contributed by atoms with Crippen LogP contribution in [0.3, 0.4) is 0 Å². The molecule has 25 heavy (non-hydrogen) atoms. The van der Waals surface area contributed by atoms with Gasteiger partial charge in [0.2, 0.25) is 0 Å². The van der Waals surface area contributed by atoms with E-state index in [0.29, 0.717) is 18.8 Å². The second-order valence-corrected chi connectivity index (χ2v) is 5.83. The molecule has 2 aromatic carbocycles. The van der Waals surface area contributed by atoms with Gasteiger partial charge in [0.25, 0.3) is 5.69 Å². The molecule has 0 aliphatic rings. The second-order valence-electron chi connectivity index (χ2n) is 5.83. The Kier molecular flexibility index (Phi) is 5.94. The summed E-state index contributed by atoms with van der Waals surface area (Å²) in [4.78, 5) is 23.7. The van der Waals surface area contributed by atoms with Crippen LogP contribution >= 0.6 is 0 Å². The van der Waals surface area contributed by atoms with Gasteiger partial charge in [-0.2, -0.15) is 0 Å². The van der Waals surface area contributed by atoms with Gasteiger partial charge < -0.3 is 15.0 Å². The zero-order chi connectivity index (χ0) is 18.4. The van der Waals surface area contributed by atoms with Crippen LogP contribution < -0.4 is 10.1 Å². The Morgan fingerprint density at radius 3 is 2.32 bits per heavy atom. The van der Waals surface area contributed by atoms with Crippen molar-refractivity contribution in [3.8, 4) is 5.75 Å². The minimum atomic E-state index is -0.484. The van der Waals surface area contributed by atoms with E-state index in [1.165, 1.54) is 29.2 Å². The van der Waals surface area contributed by atoms with Crippen LogP contribution in [0.1, 0.15) is 11.1 Å². The Labute approximate surface area is 146 Å². The molecule has 2 rings (SSSR count). The summed E-state index contributed by atoms with van der Waals surface area (Å²) < 4.78 is 5.68. The standard InChI is InChI=1S/C18H21N3O4/c1-13-10-14(2)12-17(11-13)25-9-8-20(3)18(22)19-15-4-6-16(7-5-15)21(23)24/h4-7,10-12H,8-9H2,1-3H3,(H,19,22). The number of amides is 2. The van der Waals surface area contributed by atoms with E-state index < -0.39 is 4.92 Å². The highest BCUT2D eigenvalue weighted by molar-refractivity contribution is 5.89. The average Bonchev–Trinajstić information content (AvgIpc) is 2.54. The van der Waals surface area contributed by atoms with Crippen LogP contribution in [0, 0.1) is 24.0 Å². The van der Waals surface area contributed by atoms with Crippen LogP contribution in [0.5, 0.6) is 5.75 Å². The number of likely N-dealkylation sites (N-methyl/N-ethyl adjacent to an activating group) is 1. The van der Waals surface area contributed by atoms with Gasteiger partial charge in [0.15, 0.2) is 0 Å². The Morgan fingerprint density at radius 1 is 1.16 bits per heavy atom. The number of carbonyl (C=O) groups excluding carboxylic acids is 1. The summed E-state index contributed by atoms with van der Waals surface area (Å²) >= 11 is 0. The fourth-order valence-electron chi connectivity index (χ4n) is 2.30. The summed E-state index contributed by atoms with van der Waals surface area (Å²) in [6.45, 7) is 4.78. The van der Waals surface area contributed by atoms with Gasteiger partial charge in [-0.1, -0.05) is 6.07 Å². The fourth-order valence-corrected chi connectivity index (χ4v) is 2.30. The van der Waals surface area contributed by atoms with Gasteiger partial charge in [-0.3, -0.25) is 10.1 Å². The first-order valence-electron chi connectivity index (χ1n) is 7.83. The topological polar surface area (TPSA) is 84.7 Å². The van der Waals surface area contributed by atoms with Crippen LogP contribution in [-0.4, -0.2) is 36.1 Å². The third-order valence-corrected chi connectivity index (χ3v) is 3.57. The quantitative estimate of drug-likeness (QED) is 0.639. The number of hydrogen-bond donors (Lipinski definition) is 1. The summed E-state index contributed by atoms with van der Waals surface area (Å²) in [6.07, 6.45) is 0. The van der Waals surface area contributed by atoms with Gasteiger partial charge in [-0.15, -0.1) is 0 Å². The maximum atomic E-state index is 12.1. The summed E-state index contributed by atoms with van der Waals surface area (Å²) in [6, 6.07) is 11.3. The molecule has 2 aromatic rings. The molecule has 0 aliphatic heterocycles. The van der Waals surface area contributed by atoms with Crippen molar-refractivity contribution in [1.29, 1.82) is 0 Å². The van der Waals surface area contributed by atoms with E-state index in [0.717, 1.165) is 16.9 Å². The van der Waals surface area contributed by atoms with Crippen molar-refractivity contribution in [2.24, 2.45) is 0 Å². The lowest BCUT2D eigenvalue weighted by Gasteiger charge is -2.18. The number of rotatable bonds is 6. The molecule has 0 atom stereocenters. The molecule has 0 aliphatic carbocycles. The first kappa shape index (κ1) is 18.3. The van der Waals surface area contributed by atoms with E-state index >= 15 is 0 Å². The molecule has 132 valence electrons. The Morgan fingerprint density at radius 2 is 1.76 bits per heavy atom. The maximum absolute atomic E-state index is 12.1. The highest BCUT2D eigenvalue weighted by atomic mass is 16.6. The van der Waals surface area contributed by atoms with Crippen molar-refractivity contribution in [1.82, 2.24) is 4.90 Å². The summed E-state index contributed by atoms with van der Waals surface area (Å²) in [5, 5.41) is 13.3. The van der Waals surface area contributed by atoms with Gasteiger partial charge in [-0.05, 0) is 49.2 Å². The molecule has 0 heterocycles. The molecule has 7 heteroatoms. The number of hydrogen-bond acceptors (Lipinski definition) is 4. The van der Waals surface area contributed by atoms with Crippen molar-refractivity contribution in [3.05, 3.63) is 63.7 Å². The number of urea groups is 1.